The van der Waals surface area contributed by atoms with Gasteiger partial charge in [0, 0.05) is 29.4 Å². The monoisotopic (exact) mass is 789 g/mol. The number of hydrogen-bond acceptors (Lipinski definition) is 7. The van der Waals surface area contributed by atoms with Crippen molar-refractivity contribution in [1.82, 2.24) is 24.2 Å². The van der Waals surface area contributed by atoms with Gasteiger partial charge in [-0.1, -0.05) is 35.6 Å². The topological polar surface area (TPSA) is 135 Å². The first-order valence-corrected chi connectivity index (χ1v) is 16.6. The number of benzene rings is 1. The minimum absolute atomic E-state index is 0.0795. The van der Waals surface area contributed by atoms with Crippen LogP contribution >= 0.6 is 22.6 Å². The third-order valence-electron chi connectivity index (χ3n) is 8.60. The van der Waals surface area contributed by atoms with Crippen LogP contribution in [0.2, 0.25) is 0 Å². The number of carbonyl (C=O) groups excluding carboxylic acids is 3. The molecule has 1 aromatic carbocycles. The van der Waals surface area contributed by atoms with E-state index in [0.717, 1.165) is 22.8 Å². The second-order valence-electron chi connectivity index (χ2n) is 12.2. The number of rotatable bonds is 9. The number of anilines is 1. The standard InChI is InChI=1S/C34H35F3IN7O4/c1-17-7-8-27(34(35,36)37)40-32(17)41-33(49)26-10-19(3)31(38)45(26)29(48)15-43-14-25(21(5)47)24-11-22(9-18(2)30(24)43)20(4)13-44-28(39-6)12-23(16-46)42-44/h7-9,11-14,19,26,31,46H,6,10,15-16H2,1-5H3,(H,40,41,49)/b20-13+/t19-,26-,31-/m0/s1. The summed E-state index contributed by atoms with van der Waals surface area (Å²) in [5, 5.41) is 17.0. The zero-order valence-electron chi connectivity index (χ0n) is 27.5. The quantitative estimate of drug-likeness (QED) is 0.0650. The van der Waals surface area contributed by atoms with Gasteiger partial charge in [0.2, 0.25) is 11.8 Å². The number of halogens is 4. The summed E-state index contributed by atoms with van der Waals surface area (Å²) in [5.41, 5.74) is 3.12. The molecule has 1 aliphatic rings. The van der Waals surface area contributed by atoms with E-state index < -0.39 is 23.8 Å². The molecule has 0 saturated carbocycles. The maximum atomic E-state index is 14.0. The lowest BCUT2D eigenvalue weighted by atomic mass is 10.00. The highest BCUT2D eigenvalue weighted by Crippen LogP contribution is 2.36. The first kappa shape index (κ1) is 35.9. The van der Waals surface area contributed by atoms with Crippen LogP contribution in [0.15, 0.2) is 41.5 Å². The number of aliphatic hydroxyl groups excluding tert-OH is 1. The number of nitrogens with zero attached hydrogens (tertiary/aromatic N) is 6. The average molecular weight is 790 g/mol. The van der Waals surface area contributed by atoms with Gasteiger partial charge in [0.05, 0.1) is 21.9 Å². The van der Waals surface area contributed by atoms with Crippen LogP contribution < -0.4 is 5.32 Å². The molecule has 11 nitrogen and oxygen atoms in total. The van der Waals surface area contributed by atoms with Crippen molar-refractivity contribution >= 4 is 81.2 Å². The van der Waals surface area contributed by atoms with Gasteiger partial charge < -0.3 is 19.9 Å². The second kappa shape index (κ2) is 13.9. The number of fused-ring (bicyclic) bond motifs is 1. The van der Waals surface area contributed by atoms with Gasteiger partial charge in [0.1, 0.15) is 24.1 Å². The number of amides is 2. The van der Waals surface area contributed by atoms with Crippen molar-refractivity contribution in [2.45, 2.75) is 70.5 Å². The average Bonchev–Trinajstić information content (AvgIpc) is 3.70. The SMILES string of the molecule is C=Nc1cc(CO)nn1/C=C(\C)c1cc(C)c2c(c1)c(C(C)=O)cn2CC(=O)N1[C@H](I)[C@@H](C)C[C@H]1C(=O)Nc1nc(C(F)(F)F)ccc1C. The number of hydrogen-bond donors (Lipinski definition) is 2. The number of nitrogens with one attached hydrogen (secondary N) is 1. The highest BCUT2D eigenvalue weighted by atomic mass is 127. The molecule has 5 rings (SSSR count). The van der Waals surface area contributed by atoms with Crippen LogP contribution in [0.3, 0.4) is 0 Å². The first-order valence-electron chi connectivity index (χ1n) is 15.3. The Labute approximate surface area is 294 Å². The number of aromatic nitrogens is 4. The van der Waals surface area contributed by atoms with E-state index in [-0.39, 0.29) is 40.6 Å². The van der Waals surface area contributed by atoms with E-state index in [9.17, 15) is 32.7 Å². The molecule has 15 heteroatoms. The van der Waals surface area contributed by atoms with E-state index >= 15 is 0 Å². The fourth-order valence-corrected chi connectivity index (χ4v) is 7.07. The van der Waals surface area contributed by atoms with Gasteiger partial charge in [-0.2, -0.15) is 18.3 Å². The lowest BCUT2D eigenvalue weighted by molar-refractivity contribution is -0.141. The summed E-state index contributed by atoms with van der Waals surface area (Å²) >= 11 is 2.11. The number of likely N-dealkylation sites (tertiary alicyclic amines) is 1. The molecule has 0 radical (unpaired) electrons. The maximum Gasteiger partial charge on any atom is 0.433 e. The number of allylic oxidation sites excluding steroid dienone is 1. The number of Topliss-reactive ketones (excluding diaryl/α,β-unsaturated/α-hetero) is 1. The van der Waals surface area contributed by atoms with Gasteiger partial charge in [-0.05, 0) is 87.2 Å². The Morgan fingerprint density at radius 3 is 2.51 bits per heavy atom. The van der Waals surface area contributed by atoms with E-state index in [1.54, 1.807) is 30.0 Å². The van der Waals surface area contributed by atoms with Crippen LogP contribution in [0.25, 0.3) is 22.7 Å². The maximum absolute atomic E-state index is 14.0. The molecule has 0 bridgehead atoms. The molecule has 0 spiro atoms. The van der Waals surface area contributed by atoms with E-state index in [1.165, 1.54) is 22.6 Å². The normalized spacial score (nSPS) is 18.3. The van der Waals surface area contributed by atoms with Gasteiger partial charge in [-0.15, -0.1) is 0 Å². The molecule has 0 unspecified atom stereocenters. The number of alkyl halides is 4. The van der Waals surface area contributed by atoms with E-state index in [1.807, 2.05) is 32.9 Å². The van der Waals surface area contributed by atoms with Crippen molar-refractivity contribution < 1.29 is 32.7 Å². The van der Waals surface area contributed by atoms with Crippen LogP contribution in [0.5, 0.6) is 0 Å². The van der Waals surface area contributed by atoms with E-state index in [4.69, 9.17) is 0 Å². The molecular weight excluding hydrogens is 754 g/mol. The number of aryl methyl sites for hydroxylation is 2. The lowest BCUT2D eigenvalue weighted by Crippen LogP contribution is -2.46. The zero-order chi connectivity index (χ0) is 35.9. The van der Waals surface area contributed by atoms with E-state index in [0.29, 0.717) is 40.0 Å². The first-order chi connectivity index (χ1) is 23.0. The van der Waals surface area contributed by atoms with Gasteiger partial charge >= 0.3 is 6.18 Å². The fourth-order valence-electron chi connectivity index (χ4n) is 6.08. The van der Waals surface area contributed by atoms with Gasteiger partial charge in [-0.3, -0.25) is 14.4 Å². The highest BCUT2D eigenvalue weighted by molar-refractivity contribution is 14.1. The summed E-state index contributed by atoms with van der Waals surface area (Å²) in [6.07, 6.45) is -1.00. The summed E-state index contributed by atoms with van der Waals surface area (Å²) in [5.74, 6) is -1.05. The summed E-state index contributed by atoms with van der Waals surface area (Å²) in [4.78, 5) is 49.4. The summed E-state index contributed by atoms with van der Waals surface area (Å²) in [6.45, 7) is 11.8. The third-order valence-corrected chi connectivity index (χ3v) is 10.4. The van der Waals surface area contributed by atoms with Crippen molar-refractivity contribution in [1.29, 1.82) is 0 Å². The Bertz CT molecular complexity index is 2020. The Balaban J connectivity index is 1.46. The molecule has 4 heterocycles. The van der Waals surface area contributed by atoms with Gasteiger partial charge in [0.15, 0.2) is 11.6 Å². The minimum Gasteiger partial charge on any atom is -0.390 e. The third kappa shape index (κ3) is 7.18. The second-order valence-corrected chi connectivity index (χ2v) is 13.5. The minimum atomic E-state index is -4.69. The van der Waals surface area contributed by atoms with Crippen LogP contribution in [-0.2, 0) is 28.9 Å². The number of pyridine rings is 1. The van der Waals surface area contributed by atoms with Crippen molar-refractivity contribution in [3.63, 3.8) is 0 Å². The number of carbonyl (C=O) groups is 3. The Hall–Kier alpha value is -4.38. The van der Waals surface area contributed by atoms with Crippen molar-refractivity contribution in [3.05, 3.63) is 70.2 Å². The van der Waals surface area contributed by atoms with Gasteiger partial charge in [-0.25, -0.2) is 14.7 Å². The summed E-state index contributed by atoms with van der Waals surface area (Å²) in [6, 6.07) is 6.55. The van der Waals surface area contributed by atoms with Gasteiger partial charge in [0.25, 0.3) is 0 Å². The van der Waals surface area contributed by atoms with Crippen molar-refractivity contribution in [3.8, 4) is 0 Å². The molecule has 2 N–H and O–H groups in total. The molecule has 1 aliphatic heterocycles. The highest BCUT2D eigenvalue weighted by Gasteiger charge is 2.44. The number of aliphatic hydroxyl groups is 1. The summed E-state index contributed by atoms with van der Waals surface area (Å²) < 4.78 is 42.8. The summed E-state index contributed by atoms with van der Waals surface area (Å²) in [7, 11) is 0. The predicted molar refractivity (Wildman–Crippen MR) is 189 cm³/mol. The van der Waals surface area contributed by atoms with Crippen LogP contribution in [-0.4, -0.2) is 63.7 Å². The number of ketones is 1. The molecule has 1 fully saturated rings. The Morgan fingerprint density at radius 1 is 1.16 bits per heavy atom. The molecule has 1 saturated heterocycles. The smallest absolute Gasteiger partial charge is 0.390 e. The van der Waals surface area contributed by atoms with Crippen LogP contribution in [0.4, 0.5) is 24.8 Å². The molecule has 4 aromatic rings. The Morgan fingerprint density at radius 2 is 1.88 bits per heavy atom. The molecule has 3 atom stereocenters. The lowest BCUT2D eigenvalue weighted by Gasteiger charge is -2.28. The zero-order valence-corrected chi connectivity index (χ0v) is 29.6. The molecule has 258 valence electrons. The van der Waals surface area contributed by atoms with E-state index in [2.05, 4.69) is 49.7 Å². The van der Waals surface area contributed by atoms with Crippen LogP contribution in [0.1, 0.15) is 65.6 Å². The fraction of sp³-hybridized carbons (Fsp3) is 0.353. The molecule has 49 heavy (non-hydrogen) atoms. The Kier molecular flexibility index (Phi) is 10.2. The molecular formula is C34H35F3IN7O4. The molecule has 0 aliphatic carbocycles. The van der Waals surface area contributed by atoms with Crippen LogP contribution in [0, 0.1) is 19.8 Å². The number of aliphatic imine (C=N–C) groups is 1. The molecule has 3 aromatic heterocycles. The largest absolute Gasteiger partial charge is 0.433 e. The predicted octanol–water partition coefficient (Wildman–Crippen LogP) is 6.55. The van der Waals surface area contributed by atoms with Crippen molar-refractivity contribution in [2.24, 2.45) is 10.9 Å². The van der Waals surface area contributed by atoms with Crippen molar-refractivity contribution in [2.75, 3.05) is 5.32 Å². The molecule has 2 amide bonds.